The molecule has 0 bridgehead atoms. The molecule has 1 N–H and O–H groups in total. The van der Waals surface area contributed by atoms with Crippen LogP contribution in [0.4, 0.5) is 5.69 Å². The van der Waals surface area contributed by atoms with Crippen LogP contribution < -0.4 is 10.2 Å². The molecule has 2 aromatic rings. The van der Waals surface area contributed by atoms with E-state index in [1.807, 2.05) is 12.1 Å². The molecule has 2 aromatic carbocycles. The molecule has 0 saturated heterocycles. The number of carbonyl (C=O) groups is 1. The van der Waals surface area contributed by atoms with E-state index in [4.69, 9.17) is 4.74 Å². The summed E-state index contributed by atoms with van der Waals surface area (Å²) >= 11 is 0. The number of hydrogen-bond donors (Lipinski definition) is 1. The van der Waals surface area contributed by atoms with Crippen molar-refractivity contribution in [3.63, 3.8) is 0 Å². The third-order valence-corrected chi connectivity index (χ3v) is 3.13. The second-order valence-corrected chi connectivity index (χ2v) is 4.68. The Morgan fingerprint density at radius 1 is 1.17 bits per heavy atom. The van der Waals surface area contributed by atoms with E-state index < -0.39 is 10.8 Å². The Morgan fingerprint density at radius 2 is 1.87 bits per heavy atom. The molecule has 0 radical (unpaired) electrons. The number of rotatable bonds is 5. The number of methoxy groups -OCH3 is 1. The molecule has 0 saturated carbocycles. The Balaban J connectivity index is 2.13. The van der Waals surface area contributed by atoms with E-state index in [0.717, 1.165) is 5.56 Å². The fraction of sp³-hybridized carbons (Fsp3) is 0.125. The molecule has 118 valence electrons. The van der Waals surface area contributed by atoms with Gasteiger partial charge in [-0.15, -0.1) is 0 Å². The van der Waals surface area contributed by atoms with E-state index in [-0.39, 0.29) is 11.3 Å². The Labute approximate surface area is 132 Å². The number of nitro benzene ring substituents is 1. The SMILES string of the molecule is COc1cccc(C(C)=NNC(=O)c2cccc([N+](=O)[O-])c2)c1. The van der Waals surface area contributed by atoms with Gasteiger partial charge in [0, 0.05) is 23.3 Å². The molecular formula is C16H15N3O4. The first kappa shape index (κ1) is 16.2. The van der Waals surface area contributed by atoms with Gasteiger partial charge in [0.25, 0.3) is 11.6 Å². The Bertz CT molecular complexity index is 771. The first-order valence-corrected chi connectivity index (χ1v) is 6.75. The van der Waals surface area contributed by atoms with E-state index in [2.05, 4.69) is 10.5 Å². The summed E-state index contributed by atoms with van der Waals surface area (Å²) in [6, 6.07) is 12.7. The quantitative estimate of drug-likeness (QED) is 0.521. The van der Waals surface area contributed by atoms with Gasteiger partial charge in [-0.25, -0.2) is 5.43 Å². The molecule has 0 heterocycles. The van der Waals surface area contributed by atoms with Crippen molar-refractivity contribution in [3.05, 3.63) is 69.8 Å². The molecule has 2 rings (SSSR count). The van der Waals surface area contributed by atoms with E-state index in [1.165, 1.54) is 24.3 Å². The predicted molar refractivity (Wildman–Crippen MR) is 85.8 cm³/mol. The lowest BCUT2D eigenvalue weighted by molar-refractivity contribution is -0.384. The lowest BCUT2D eigenvalue weighted by atomic mass is 10.1. The number of carbonyl (C=O) groups excluding carboxylic acids is 1. The average Bonchev–Trinajstić information content (AvgIpc) is 2.59. The van der Waals surface area contributed by atoms with E-state index >= 15 is 0 Å². The summed E-state index contributed by atoms with van der Waals surface area (Å²) in [6.45, 7) is 1.74. The van der Waals surface area contributed by atoms with Crippen molar-refractivity contribution in [2.24, 2.45) is 5.10 Å². The van der Waals surface area contributed by atoms with Crippen molar-refractivity contribution in [2.75, 3.05) is 7.11 Å². The molecule has 0 aromatic heterocycles. The van der Waals surface area contributed by atoms with Gasteiger partial charge in [-0.2, -0.15) is 5.10 Å². The minimum Gasteiger partial charge on any atom is -0.497 e. The topological polar surface area (TPSA) is 93.8 Å². The standard InChI is InChI=1S/C16H15N3O4/c1-11(12-5-4-8-15(10-12)23-2)17-18-16(20)13-6-3-7-14(9-13)19(21)22/h3-10H,1-2H3,(H,18,20). The number of hydrazone groups is 1. The van der Waals surface area contributed by atoms with Crippen LogP contribution in [-0.2, 0) is 0 Å². The van der Waals surface area contributed by atoms with Crippen LogP contribution in [0.2, 0.25) is 0 Å². The van der Waals surface area contributed by atoms with Gasteiger partial charge in [0.1, 0.15) is 5.75 Å². The van der Waals surface area contributed by atoms with Crippen molar-refractivity contribution in [1.82, 2.24) is 5.43 Å². The van der Waals surface area contributed by atoms with Gasteiger partial charge in [0.15, 0.2) is 0 Å². The van der Waals surface area contributed by atoms with E-state index in [9.17, 15) is 14.9 Å². The Morgan fingerprint density at radius 3 is 2.57 bits per heavy atom. The first-order valence-electron chi connectivity index (χ1n) is 6.75. The van der Waals surface area contributed by atoms with E-state index in [0.29, 0.717) is 11.5 Å². The van der Waals surface area contributed by atoms with Gasteiger partial charge < -0.3 is 4.74 Å². The third-order valence-electron chi connectivity index (χ3n) is 3.13. The van der Waals surface area contributed by atoms with Crippen LogP contribution in [0.1, 0.15) is 22.8 Å². The van der Waals surface area contributed by atoms with Gasteiger partial charge in [-0.1, -0.05) is 18.2 Å². The molecule has 0 spiro atoms. The summed E-state index contributed by atoms with van der Waals surface area (Å²) in [5.74, 6) is 0.165. The molecule has 0 unspecified atom stereocenters. The maximum Gasteiger partial charge on any atom is 0.271 e. The molecule has 0 fully saturated rings. The number of ether oxygens (including phenoxy) is 1. The smallest absolute Gasteiger partial charge is 0.271 e. The monoisotopic (exact) mass is 313 g/mol. The molecule has 23 heavy (non-hydrogen) atoms. The predicted octanol–water partition coefficient (Wildman–Crippen LogP) is 2.76. The molecule has 7 nitrogen and oxygen atoms in total. The first-order chi connectivity index (χ1) is 11.0. The van der Waals surface area contributed by atoms with Crippen molar-refractivity contribution in [3.8, 4) is 5.75 Å². The molecule has 1 amide bonds. The van der Waals surface area contributed by atoms with Crippen molar-refractivity contribution in [2.45, 2.75) is 6.92 Å². The van der Waals surface area contributed by atoms with Crippen molar-refractivity contribution >= 4 is 17.3 Å². The number of nitro groups is 1. The Kier molecular flexibility index (Phi) is 5.03. The van der Waals surface area contributed by atoms with Gasteiger partial charge in [0.05, 0.1) is 17.7 Å². The van der Waals surface area contributed by atoms with Gasteiger partial charge >= 0.3 is 0 Å². The molecule has 0 aliphatic carbocycles. The summed E-state index contributed by atoms with van der Waals surface area (Å²) in [7, 11) is 1.57. The van der Waals surface area contributed by atoms with Crippen LogP contribution in [0.3, 0.4) is 0 Å². The fourth-order valence-corrected chi connectivity index (χ4v) is 1.87. The second-order valence-electron chi connectivity index (χ2n) is 4.68. The highest BCUT2D eigenvalue weighted by Crippen LogP contribution is 2.14. The summed E-state index contributed by atoms with van der Waals surface area (Å²) in [5.41, 5.74) is 3.79. The van der Waals surface area contributed by atoms with Crippen molar-refractivity contribution < 1.29 is 14.5 Å². The molecule has 0 aliphatic heterocycles. The van der Waals surface area contributed by atoms with E-state index in [1.54, 1.807) is 26.2 Å². The maximum atomic E-state index is 12.0. The number of amides is 1. The van der Waals surface area contributed by atoms with Crippen LogP contribution >= 0.6 is 0 Å². The number of nitrogens with one attached hydrogen (secondary N) is 1. The largest absolute Gasteiger partial charge is 0.497 e. The zero-order valence-corrected chi connectivity index (χ0v) is 12.6. The lowest BCUT2D eigenvalue weighted by Crippen LogP contribution is -2.19. The summed E-state index contributed by atoms with van der Waals surface area (Å²) in [6.07, 6.45) is 0. The highest BCUT2D eigenvalue weighted by atomic mass is 16.6. The fourth-order valence-electron chi connectivity index (χ4n) is 1.87. The number of benzene rings is 2. The van der Waals surface area contributed by atoms with Crippen molar-refractivity contribution in [1.29, 1.82) is 0 Å². The minimum atomic E-state index is -0.554. The van der Waals surface area contributed by atoms with Crippen LogP contribution in [0, 0.1) is 10.1 Å². The minimum absolute atomic E-state index is 0.147. The average molecular weight is 313 g/mol. The Hall–Kier alpha value is -3.22. The lowest BCUT2D eigenvalue weighted by Gasteiger charge is -2.05. The third kappa shape index (κ3) is 4.13. The molecule has 0 atom stereocenters. The maximum absolute atomic E-state index is 12.0. The molecular weight excluding hydrogens is 298 g/mol. The number of non-ortho nitro benzene ring substituents is 1. The second kappa shape index (κ2) is 7.17. The highest BCUT2D eigenvalue weighted by Gasteiger charge is 2.11. The van der Waals surface area contributed by atoms with Crippen LogP contribution in [0.5, 0.6) is 5.75 Å². The van der Waals surface area contributed by atoms with Crippen LogP contribution in [0.25, 0.3) is 0 Å². The van der Waals surface area contributed by atoms with Crippen LogP contribution in [0.15, 0.2) is 53.6 Å². The zero-order valence-electron chi connectivity index (χ0n) is 12.6. The zero-order chi connectivity index (χ0) is 16.8. The number of nitrogens with zero attached hydrogens (tertiary/aromatic N) is 2. The summed E-state index contributed by atoms with van der Waals surface area (Å²) < 4.78 is 5.13. The van der Waals surface area contributed by atoms with Crippen LogP contribution in [-0.4, -0.2) is 23.7 Å². The molecule has 0 aliphatic rings. The summed E-state index contributed by atoms with van der Waals surface area (Å²) in [4.78, 5) is 22.2. The normalized spacial score (nSPS) is 11.0. The molecule has 7 heteroatoms. The number of hydrogen-bond acceptors (Lipinski definition) is 5. The highest BCUT2D eigenvalue weighted by molar-refractivity contribution is 6.01. The summed E-state index contributed by atoms with van der Waals surface area (Å²) in [5, 5.41) is 14.7. The van der Waals surface area contributed by atoms with Gasteiger partial charge in [-0.05, 0) is 25.1 Å². The van der Waals surface area contributed by atoms with Gasteiger partial charge in [-0.3, -0.25) is 14.9 Å². The van der Waals surface area contributed by atoms with Gasteiger partial charge in [0.2, 0.25) is 0 Å².